The van der Waals surface area contributed by atoms with Gasteiger partial charge in [-0.15, -0.1) is 0 Å². The second-order valence-electron chi connectivity index (χ2n) is 3.66. The van der Waals surface area contributed by atoms with Gasteiger partial charge in [0.15, 0.2) is 0 Å². The van der Waals surface area contributed by atoms with Gasteiger partial charge in [0.2, 0.25) is 0 Å². The first-order valence-corrected chi connectivity index (χ1v) is 7.37. The van der Waals surface area contributed by atoms with Crippen molar-refractivity contribution in [1.82, 2.24) is 5.09 Å². The molecule has 0 heterocycles. The van der Waals surface area contributed by atoms with Crippen LogP contribution in [0.5, 0.6) is 0 Å². The molecule has 1 rings (SSSR count). The summed E-state index contributed by atoms with van der Waals surface area (Å²) in [5, 5.41) is 13.4. The first-order chi connectivity index (χ1) is 9.52. The molecule has 0 aromatic heterocycles. The molecule has 0 saturated carbocycles. The predicted molar refractivity (Wildman–Crippen MR) is 78.2 cm³/mol. The number of hydrogen-bond acceptors (Lipinski definition) is 4. The van der Waals surface area contributed by atoms with Gasteiger partial charge in [-0.05, 0) is 12.1 Å². The summed E-state index contributed by atoms with van der Waals surface area (Å²) in [7, 11) is -3.29. The van der Waals surface area contributed by atoms with Gasteiger partial charge in [-0.3, -0.25) is 14.7 Å². The fourth-order valence-electron chi connectivity index (χ4n) is 1.33. The van der Waals surface area contributed by atoms with E-state index in [1.165, 1.54) is 18.3 Å². The van der Waals surface area contributed by atoms with Gasteiger partial charge < -0.3 is 9.61 Å². The summed E-state index contributed by atoms with van der Waals surface area (Å²) in [6.07, 6.45) is 4.46. The smallest absolute Gasteiger partial charge is 0.316 e. The highest BCUT2D eigenvalue weighted by Gasteiger charge is 2.19. The van der Waals surface area contributed by atoms with Gasteiger partial charge in [0.05, 0.1) is 17.1 Å². The number of nitrogens with zero attached hydrogens (tertiary/aromatic N) is 1. The Morgan fingerprint density at radius 1 is 1.40 bits per heavy atom. The first kappa shape index (κ1) is 15.9. The minimum Gasteiger partial charge on any atom is -0.319 e. The minimum atomic E-state index is -3.29. The predicted octanol–water partition coefficient (Wildman–Crippen LogP) is 3.74. The van der Waals surface area contributed by atoms with Crippen LogP contribution < -0.4 is 5.09 Å². The van der Waals surface area contributed by atoms with Crippen LogP contribution in [-0.4, -0.2) is 4.92 Å². The molecule has 20 heavy (non-hydrogen) atoms. The van der Waals surface area contributed by atoms with Crippen molar-refractivity contribution in [2.24, 2.45) is 0 Å². The Morgan fingerprint density at radius 3 is 2.70 bits per heavy atom. The second-order valence-corrected chi connectivity index (χ2v) is 5.74. The number of hydrogen-bond donors (Lipinski definition) is 1. The maximum atomic E-state index is 12.2. The van der Waals surface area contributed by atoms with E-state index >= 15 is 0 Å². The van der Waals surface area contributed by atoms with E-state index in [1.807, 2.05) is 0 Å². The minimum absolute atomic E-state index is 0.0789. The molecule has 0 radical (unpaired) electrons. The standard InChI is InChI=1S/C13H15N2O4P/c1-3-5-10-14-20(18,4-2)19-11-12-8-6-7-9-13(12)15(16)17/h3-10H,1-2,11H2,(H,14,18)/b10-5-. The van der Waals surface area contributed by atoms with Crippen molar-refractivity contribution in [1.29, 1.82) is 0 Å². The molecule has 0 aliphatic rings. The Labute approximate surface area is 117 Å². The molecule has 0 fully saturated rings. The van der Waals surface area contributed by atoms with E-state index in [-0.39, 0.29) is 12.3 Å². The first-order valence-electron chi connectivity index (χ1n) is 5.68. The number of nitro benzene ring substituents is 1. The van der Waals surface area contributed by atoms with E-state index in [2.05, 4.69) is 18.2 Å². The van der Waals surface area contributed by atoms with Crippen LogP contribution in [0, 0.1) is 10.1 Å². The van der Waals surface area contributed by atoms with Crippen molar-refractivity contribution in [3.63, 3.8) is 0 Å². The molecule has 1 unspecified atom stereocenters. The number of nitrogens with one attached hydrogen (secondary N) is 1. The van der Waals surface area contributed by atoms with Gasteiger partial charge in [-0.2, -0.15) is 0 Å². The fraction of sp³-hybridized carbons (Fsp3) is 0.0769. The molecular weight excluding hydrogens is 279 g/mol. The average Bonchev–Trinajstić information content (AvgIpc) is 2.45. The maximum absolute atomic E-state index is 12.2. The summed E-state index contributed by atoms with van der Waals surface area (Å²) in [5.74, 6) is 1.15. The molecule has 1 aromatic rings. The Hall–Kier alpha value is -2.17. The quantitative estimate of drug-likeness (QED) is 0.342. The lowest BCUT2D eigenvalue weighted by Gasteiger charge is -2.14. The molecule has 0 spiro atoms. The topological polar surface area (TPSA) is 81.5 Å². The van der Waals surface area contributed by atoms with E-state index in [0.717, 1.165) is 5.82 Å². The molecule has 0 aliphatic carbocycles. The van der Waals surface area contributed by atoms with Crippen LogP contribution in [0.25, 0.3) is 0 Å². The summed E-state index contributed by atoms with van der Waals surface area (Å²) in [6, 6.07) is 6.11. The molecular formula is C13H15N2O4P. The maximum Gasteiger partial charge on any atom is 0.316 e. The van der Waals surface area contributed by atoms with Crippen LogP contribution in [0.4, 0.5) is 5.69 Å². The van der Waals surface area contributed by atoms with Gasteiger partial charge in [-0.25, -0.2) is 0 Å². The van der Waals surface area contributed by atoms with Crippen LogP contribution in [0.1, 0.15) is 5.56 Å². The zero-order valence-corrected chi connectivity index (χ0v) is 11.7. The summed E-state index contributed by atoms with van der Waals surface area (Å²) in [6.45, 7) is 6.75. The molecule has 1 aromatic carbocycles. The second kappa shape index (κ2) is 7.43. The number of nitro groups is 1. The normalized spacial score (nSPS) is 13.6. The summed E-state index contributed by atoms with van der Waals surface area (Å²) in [4.78, 5) is 10.3. The molecule has 0 saturated heterocycles. The molecule has 106 valence electrons. The van der Waals surface area contributed by atoms with Crippen LogP contribution in [0.2, 0.25) is 0 Å². The third kappa shape index (κ3) is 4.50. The fourth-order valence-corrected chi connectivity index (χ4v) is 2.24. The number of benzene rings is 1. The highest BCUT2D eigenvalue weighted by Crippen LogP contribution is 2.44. The molecule has 1 N–H and O–H groups in total. The molecule has 0 bridgehead atoms. The van der Waals surface area contributed by atoms with Gasteiger partial charge >= 0.3 is 7.52 Å². The average molecular weight is 294 g/mol. The van der Waals surface area contributed by atoms with Crippen LogP contribution in [-0.2, 0) is 15.7 Å². The summed E-state index contributed by atoms with van der Waals surface area (Å²) < 4.78 is 17.4. The highest BCUT2D eigenvalue weighted by atomic mass is 31.2. The summed E-state index contributed by atoms with van der Waals surface area (Å²) >= 11 is 0. The SMILES string of the molecule is C=C/C=C\NP(=O)(C=C)OCc1ccccc1[N+](=O)[O-]. The molecule has 1 atom stereocenters. The molecule has 0 aliphatic heterocycles. The molecule has 0 amide bonds. The number of rotatable bonds is 8. The van der Waals surface area contributed by atoms with Gasteiger partial charge in [0, 0.05) is 18.1 Å². The largest absolute Gasteiger partial charge is 0.319 e. The van der Waals surface area contributed by atoms with Crippen molar-refractivity contribution < 1.29 is 14.0 Å². The van der Waals surface area contributed by atoms with Gasteiger partial charge in [-0.1, -0.05) is 31.4 Å². The Morgan fingerprint density at radius 2 is 2.10 bits per heavy atom. The number of para-hydroxylation sites is 1. The van der Waals surface area contributed by atoms with Crippen LogP contribution in [0.3, 0.4) is 0 Å². The number of allylic oxidation sites excluding steroid dienone is 2. The van der Waals surface area contributed by atoms with Gasteiger partial charge in [0.1, 0.15) is 0 Å². The third-order valence-electron chi connectivity index (χ3n) is 2.33. The van der Waals surface area contributed by atoms with E-state index in [9.17, 15) is 14.7 Å². The molecule has 6 nitrogen and oxygen atoms in total. The van der Waals surface area contributed by atoms with E-state index < -0.39 is 12.4 Å². The molecule has 7 heteroatoms. The highest BCUT2D eigenvalue weighted by molar-refractivity contribution is 7.60. The zero-order valence-electron chi connectivity index (χ0n) is 10.8. The zero-order chi connectivity index (χ0) is 15.0. The van der Waals surface area contributed by atoms with Crippen LogP contribution >= 0.6 is 7.52 Å². The lowest BCUT2D eigenvalue weighted by Crippen LogP contribution is -2.04. The Balaban J connectivity index is 2.81. The van der Waals surface area contributed by atoms with Crippen molar-refractivity contribution in [2.75, 3.05) is 0 Å². The lowest BCUT2D eigenvalue weighted by atomic mass is 10.2. The van der Waals surface area contributed by atoms with E-state index in [4.69, 9.17) is 4.52 Å². The summed E-state index contributed by atoms with van der Waals surface area (Å²) in [5.41, 5.74) is 0.263. The third-order valence-corrected chi connectivity index (χ3v) is 3.83. The van der Waals surface area contributed by atoms with Crippen molar-refractivity contribution in [3.8, 4) is 0 Å². The van der Waals surface area contributed by atoms with E-state index in [1.54, 1.807) is 24.3 Å². The van der Waals surface area contributed by atoms with Crippen molar-refractivity contribution >= 4 is 13.2 Å². The van der Waals surface area contributed by atoms with E-state index in [0.29, 0.717) is 5.56 Å². The lowest BCUT2D eigenvalue weighted by molar-refractivity contribution is -0.385. The van der Waals surface area contributed by atoms with Crippen LogP contribution in [0.15, 0.2) is 61.6 Å². The Bertz CT molecular complexity index is 583. The van der Waals surface area contributed by atoms with Gasteiger partial charge in [0.25, 0.3) is 5.69 Å². The Kier molecular flexibility index (Phi) is 5.90. The monoisotopic (exact) mass is 294 g/mol. The van der Waals surface area contributed by atoms with Crippen molar-refractivity contribution in [3.05, 3.63) is 77.3 Å². The van der Waals surface area contributed by atoms with Crippen molar-refractivity contribution in [2.45, 2.75) is 6.61 Å².